The molecule has 27 heavy (non-hydrogen) atoms. The Hall–Kier alpha value is -2.76. The van der Waals surface area contributed by atoms with Gasteiger partial charge in [-0.2, -0.15) is 0 Å². The highest BCUT2D eigenvalue weighted by atomic mass is 16.5. The average Bonchev–Trinajstić information content (AvgIpc) is 2.58. The number of Topliss-reactive ketones (excluding diaryl/α,β-unsaturated/α-hetero) is 1. The molecule has 0 bridgehead atoms. The van der Waals surface area contributed by atoms with Gasteiger partial charge in [-0.3, -0.25) is 4.79 Å². The fourth-order valence-corrected chi connectivity index (χ4v) is 4.11. The molecule has 0 saturated heterocycles. The lowest BCUT2D eigenvalue weighted by Gasteiger charge is -2.41. The molecule has 6 nitrogen and oxygen atoms in total. The summed E-state index contributed by atoms with van der Waals surface area (Å²) in [7, 11) is 2.79. The maximum atomic E-state index is 13.1. The third-order valence-electron chi connectivity index (χ3n) is 5.21. The number of rotatable bonds is 3. The Kier molecular flexibility index (Phi) is 4.76. The van der Waals surface area contributed by atoms with Crippen molar-refractivity contribution in [3.8, 4) is 11.5 Å². The van der Waals surface area contributed by atoms with Crippen molar-refractivity contribution in [1.82, 2.24) is 5.32 Å². The maximum Gasteiger partial charge on any atom is 0.336 e. The molecule has 0 radical (unpaired) electrons. The number of hydrogen-bond acceptors (Lipinski definition) is 6. The maximum absolute atomic E-state index is 13.1. The summed E-state index contributed by atoms with van der Waals surface area (Å²) >= 11 is 0. The molecule has 2 unspecified atom stereocenters. The standard InChI is InChI=1S/C21H25NO5/c1-11-17(20(25)27-5)18(12-6-7-16(26-4)14(23)8-12)19-13(22-11)9-21(2,3)10-15(19)24/h6-9,18-19,22-23H,10H2,1-5H3. The first-order chi connectivity index (χ1) is 12.7. The smallest absolute Gasteiger partial charge is 0.336 e. The lowest BCUT2D eigenvalue weighted by atomic mass is 9.66. The van der Waals surface area contributed by atoms with Crippen LogP contribution in [0.15, 0.2) is 41.2 Å². The number of nitrogens with one attached hydrogen (secondary N) is 1. The lowest BCUT2D eigenvalue weighted by molar-refractivity contribution is -0.136. The van der Waals surface area contributed by atoms with E-state index in [-0.39, 0.29) is 16.9 Å². The number of phenolic OH excluding ortho intramolecular Hbond substituents is 1. The Morgan fingerprint density at radius 2 is 1.96 bits per heavy atom. The van der Waals surface area contributed by atoms with E-state index >= 15 is 0 Å². The van der Waals surface area contributed by atoms with Crippen LogP contribution >= 0.6 is 0 Å². The number of aromatic hydroxyl groups is 1. The number of benzene rings is 1. The first-order valence-electron chi connectivity index (χ1n) is 8.87. The molecule has 1 aliphatic heterocycles. The van der Waals surface area contributed by atoms with E-state index in [1.165, 1.54) is 14.2 Å². The summed E-state index contributed by atoms with van der Waals surface area (Å²) < 4.78 is 10.1. The van der Waals surface area contributed by atoms with Gasteiger partial charge in [0, 0.05) is 23.7 Å². The number of phenols is 1. The molecule has 1 heterocycles. The highest BCUT2D eigenvalue weighted by Crippen LogP contribution is 2.47. The number of hydrogen-bond donors (Lipinski definition) is 2. The molecule has 1 aromatic rings. The zero-order valence-electron chi connectivity index (χ0n) is 16.3. The summed E-state index contributed by atoms with van der Waals surface area (Å²) in [5, 5.41) is 13.5. The van der Waals surface area contributed by atoms with Crippen molar-refractivity contribution < 1.29 is 24.2 Å². The highest BCUT2D eigenvalue weighted by Gasteiger charge is 2.46. The lowest BCUT2D eigenvalue weighted by Crippen LogP contribution is -2.43. The van der Waals surface area contributed by atoms with Crippen LogP contribution in [0.25, 0.3) is 0 Å². The van der Waals surface area contributed by atoms with Gasteiger partial charge < -0.3 is 19.9 Å². The molecule has 6 heteroatoms. The topological polar surface area (TPSA) is 84.9 Å². The average molecular weight is 371 g/mol. The van der Waals surface area contributed by atoms with Gasteiger partial charge in [0.15, 0.2) is 11.5 Å². The van der Waals surface area contributed by atoms with Gasteiger partial charge in [0.2, 0.25) is 0 Å². The number of allylic oxidation sites excluding steroid dienone is 3. The van der Waals surface area contributed by atoms with E-state index in [9.17, 15) is 14.7 Å². The number of carbonyl (C=O) groups is 2. The molecule has 0 saturated carbocycles. The third-order valence-corrected chi connectivity index (χ3v) is 5.21. The minimum Gasteiger partial charge on any atom is -0.504 e. The Bertz CT molecular complexity index is 865. The molecule has 1 aromatic carbocycles. The van der Waals surface area contributed by atoms with E-state index in [1.54, 1.807) is 25.1 Å². The third kappa shape index (κ3) is 3.31. The van der Waals surface area contributed by atoms with Crippen LogP contribution in [0.1, 0.15) is 38.7 Å². The predicted octanol–water partition coefficient (Wildman–Crippen LogP) is 3.03. The zero-order chi connectivity index (χ0) is 19.9. The van der Waals surface area contributed by atoms with Crippen molar-refractivity contribution in [3.63, 3.8) is 0 Å². The zero-order valence-corrected chi connectivity index (χ0v) is 16.3. The van der Waals surface area contributed by atoms with E-state index < -0.39 is 17.8 Å². The number of esters is 1. The molecular weight excluding hydrogens is 346 g/mol. The molecular formula is C21H25NO5. The molecule has 0 aromatic heterocycles. The van der Waals surface area contributed by atoms with Crippen molar-refractivity contribution >= 4 is 11.8 Å². The van der Waals surface area contributed by atoms with Crippen LogP contribution in [0.5, 0.6) is 11.5 Å². The highest BCUT2D eigenvalue weighted by molar-refractivity contribution is 5.96. The van der Waals surface area contributed by atoms with E-state index in [2.05, 4.69) is 11.4 Å². The van der Waals surface area contributed by atoms with E-state index in [1.807, 2.05) is 13.8 Å². The molecule has 3 rings (SSSR count). The van der Waals surface area contributed by atoms with Gasteiger partial charge in [0.25, 0.3) is 0 Å². The summed E-state index contributed by atoms with van der Waals surface area (Å²) in [6, 6.07) is 4.96. The Morgan fingerprint density at radius 3 is 2.56 bits per heavy atom. The second kappa shape index (κ2) is 6.76. The first kappa shape index (κ1) is 19.0. The number of ether oxygens (including phenoxy) is 2. The SMILES string of the molecule is COC(=O)C1=C(C)NC2=CC(C)(C)CC(=O)C2C1c1ccc(OC)c(O)c1. The summed E-state index contributed by atoms with van der Waals surface area (Å²) in [5.74, 6) is -1.20. The van der Waals surface area contributed by atoms with E-state index in [0.29, 0.717) is 29.0 Å². The van der Waals surface area contributed by atoms with Crippen molar-refractivity contribution in [2.75, 3.05) is 14.2 Å². The van der Waals surface area contributed by atoms with Crippen LogP contribution in [0, 0.1) is 11.3 Å². The second-order valence-corrected chi connectivity index (χ2v) is 7.77. The number of ketones is 1. The Balaban J connectivity index is 2.21. The molecule has 0 amide bonds. The molecule has 144 valence electrons. The van der Waals surface area contributed by atoms with Gasteiger partial charge in [0.05, 0.1) is 25.7 Å². The normalized spacial score (nSPS) is 23.9. The van der Waals surface area contributed by atoms with E-state index in [0.717, 1.165) is 5.70 Å². The Morgan fingerprint density at radius 1 is 1.26 bits per heavy atom. The van der Waals surface area contributed by atoms with E-state index in [4.69, 9.17) is 9.47 Å². The second-order valence-electron chi connectivity index (χ2n) is 7.77. The first-order valence-corrected chi connectivity index (χ1v) is 8.87. The van der Waals surface area contributed by atoms with Crippen molar-refractivity contribution in [2.45, 2.75) is 33.1 Å². The number of methoxy groups -OCH3 is 2. The quantitative estimate of drug-likeness (QED) is 0.795. The number of carbonyl (C=O) groups excluding carboxylic acids is 2. The summed E-state index contributed by atoms with van der Waals surface area (Å²) in [5.41, 5.74) is 2.25. The summed E-state index contributed by atoms with van der Waals surface area (Å²) in [6.07, 6.45) is 2.45. The van der Waals surface area contributed by atoms with Gasteiger partial charge >= 0.3 is 5.97 Å². The van der Waals surface area contributed by atoms with Gasteiger partial charge in [0.1, 0.15) is 5.78 Å². The molecule has 1 aliphatic carbocycles. The van der Waals surface area contributed by atoms with Crippen LogP contribution in [0.3, 0.4) is 0 Å². The molecule has 0 spiro atoms. The van der Waals surface area contributed by atoms with Crippen LogP contribution in [0.2, 0.25) is 0 Å². The van der Waals surface area contributed by atoms with Crippen LogP contribution in [-0.4, -0.2) is 31.1 Å². The minimum absolute atomic E-state index is 0.0375. The van der Waals surface area contributed by atoms with Crippen LogP contribution in [-0.2, 0) is 14.3 Å². The van der Waals surface area contributed by atoms with Crippen molar-refractivity contribution in [1.29, 1.82) is 0 Å². The molecule has 2 N–H and O–H groups in total. The predicted molar refractivity (Wildman–Crippen MR) is 100 cm³/mol. The number of fused-ring (bicyclic) bond motifs is 1. The van der Waals surface area contributed by atoms with Gasteiger partial charge in [-0.1, -0.05) is 26.0 Å². The van der Waals surface area contributed by atoms with Gasteiger partial charge in [-0.15, -0.1) is 0 Å². The fourth-order valence-electron chi connectivity index (χ4n) is 4.11. The Labute approximate surface area is 158 Å². The molecule has 2 atom stereocenters. The fraction of sp³-hybridized carbons (Fsp3) is 0.429. The molecule has 2 aliphatic rings. The van der Waals surface area contributed by atoms with Gasteiger partial charge in [-0.05, 0) is 30.0 Å². The van der Waals surface area contributed by atoms with Crippen LogP contribution in [0.4, 0.5) is 0 Å². The van der Waals surface area contributed by atoms with Crippen LogP contribution < -0.4 is 10.1 Å². The van der Waals surface area contributed by atoms with Gasteiger partial charge in [-0.25, -0.2) is 4.79 Å². The summed E-state index contributed by atoms with van der Waals surface area (Å²) in [6.45, 7) is 5.82. The van der Waals surface area contributed by atoms with Crippen molar-refractivity contribution in [2.24, 2.45) is 11.3 Å². The molecule has 0 fully saturated rings. The van der Waals surface area contributed by atoms with Crippen molar-refractivity contribution in [3.05, 3.63) is 46.8 Å². The largest absolute Gasteiger partial charge is 0.504 e. The summed E-state index contributed by atoms with van der Waals surface area (Å²) in [4.78, 5) is 25.6. The monoisotopic (exact) mass is 371 g/mol. The minimum atomic E-state index is -0.537.